The minimum absolute atomic E-state index is 0.0351. The maximum absolute atomic E-state index is 13.5. The first-order chi connectivity index (χ1) is 14.5. The van der Waals surface area contributed by atoms with Gasteiger partial charge in [-0.25, -0.2) is 8.42 Å². The first-order valence-corrected chi connectivity index (χ1v) is 11.8. The van der Waals surface area contributed by atoms with Gasteiger partial charge < -0.3 is 14.8 Å². The van der Waals surface area contributed by atoms with Gasteiger partial charge >= 0.3 is 0 Å². The van der Waals surface area contributed by atoms with E-state index in [2.05, 4.69) is 5.32 Å². The van der Waals surface area contributed by atoms with Crippen LogP contribution in [0.3, 0.4) is 0 Å². The number of amides is 1. The van der Waals surface area contributed by atoms with E-state index in [-0.39, 0.29) is 16.8 Å². The van der Waals surface area contributed by atoms with E-state index in [1.54, 1.807) is 22.5 Å². The quantitative estimate of drug-likeness (QED) is 0.811. The van der Waals surface area contributed by atoms with Crippen molar-refractivity contribution in [1.82, 2.24) is 4.31 Å². The van der Waals surface area contributed by atoms with Crippen LogP contribution in [-0.2, 0) is 21.2 Å². The van der Waals surface area contributed by atoms with E-state index in [9.17, 15) is 13.2 Å². The predicted octanol–water partition coefficient (Wildman–Crippen LogP) is 3.26. The van der Waals surface area contributed by atoms with Crippen LogP contribution in [0.15, 0.2) is 41.3 Å². The summed E-state index contributed by atoms with van der Waals surface area (Å²) < 4.78 is 40.1. The summed E-state index contributed by atoms with van der Waals surface area (Å²) in [7, 11) is -3.66. The molecule has 5 rings (SSSR count). The van der Waals surface area contributed by atoms with Crippen LogP contribution in [0.25, 0.3) is 0 Å². The van der Waals surface area contributed by atoms with Crippen molar-refractivity contribution in [3.8, 4) is 11.5 Å². The summed E-state index contributed by atoms with van der Waals surface area (Å²) >= 11 is 0. The van der Waals surface area contributed by atoms with E-state index in [4.69, 9.17) is 9.47 Å². The highest BCUT2D eigenvalue weighted by Gasteiger charge is 2.37. The Labute approximate surface area is 176 Å². The molecule has 0 unspecified atom stereocenters. The molecule has 0 spiro atoms. The molecule has 3 heterocycles. The molecule has 1 saturated heterocycles. The largest absolute Gasteiger partial charge is 0.490 e. The molecule has 7 nitrogen and oxygen atoms in total. The Morgan fingerprint density at radius 2 is 1.80 bits per heavy atom. The highest BCUT2D eigenvalue weighted by atomic mass is 32.2. The van der Waals surface area contributed by atoms with Gasteiger partial charge in [0.15, 0.2) is 11.5 Å². The molecule has 0 aliphatic carbocycles. The Hall–Kier alpha value is -2.58. The maximum atomic E-state index is 13.5. The summed E-state index contributed by atoms with van der Waals surface area (Å²) in [6.07, 6.45) is 3.32. The van der Waals surface area contributed by atoms with Crippen molar-refractivity contribution in [3.63, 3.8) is 0 Å². The normalized spacial score (nSPS) is 21.6. The summed E-state index contributed by atoms with van der Waals surface area (Å²) in [5, 5.41) is 2.80. The van der Waals surface area contributed by atoms with Crippen molar-refractivity contribution >= 4 is 21.6 Å². The van der Waals surface area contributed by atoms with Gasteiger partial charge in [-0.3, -0.25) is 4.79 Å². The maximum Gasteiger partial charge on any atom is 0.243 e. The summed E-state index contributed by atoms with van der Waals surface area (Å²) in [5.41, 5.74) is 2.48. The molecule has 30 heavy (non-hydrogen) atoms. The van der Waals surface area contributed by atoms with Crippen LogP contribution in [-0.4, -0.2) is 38.4 Å². The third-order valence-corrected chi connectivity index (χ3v) is 7.84. The number of nitrogens with one attached hydrogen (secondary N) is 1. The van der Waals surface area contributed by atoms with E-state index in [0.29, 0.717) is 49.8 Å². The molecule has 0 radical (unpaired) electrons. The minimum Gasteiger partial charge on any atom is -0.490 e. The number of carbonyl (C=O) groups excluding carboxylic acids is 1. The van der Waals surface area contributed by atoms with Gasteiger partial charge in [0.05, 0.1) is 24.2 Å². The van der Waals surface area contributed by atoms with Crippen molar-refractivity contribution in [2.24, 2.45) is 0 Å². The number of ether oxygens (including phenoxy) is 2. The van der Waals surface area contributed by atoms with Crippen LogP contribution < -0.4 is 14.8 Å². The number of rotatable bonds is 3. The molecule has 3 aliphatic heterocycles. The Bertz CT molecular complexity index is 1100. The van der Waals surface area contributed by atoms with Crippen molar-refractivity contribution in [2.45, 2.75) is 43.0 Å². The number of nitrogens with zero attached hydrogens (tertiary/aromatic N) is 1. The Kier molecular flexibility index (Phi) is 4.91. The van der Waals surface area contributed by atoms with Gasteiger partial charge in [0.1, 0.15) is 0 Å². The first-order valence-electron chi connectivity index (χ1n) is 10.4. The number of anilines is 1. The van der Waals surface area contributed by atoms with Gasteiger partial charge in [-0.15, -0.1) is 0 Å². The summed E-state index contributed by atoms with van der Waals surface area (Å²) in [6, 6.07) is 10.5. The van der Waals surface area contributed by atoms with Crippen LogP contribution in [0.2, 0.25) is 0 Å². The van der Waals surface area contributed by atoms with Crippen LogP contribution in [0.1, 0.15) is 42.9 Å². The zero-order chi connectivity index (χ0) is 20.7. The SMILES string of the molecule is O=C1CCc2cc(S(=O)(=O)N3CCC[C@H]3c3ccc4c(c3)OCCCO4)ccc2N1. The van der Waals surface area contributed by atoms with Crippen LogP contribution in [0.5, 0.6) is 11.5 Å². The van der Waals surface area contributed by atoms with E-state index < -0.39 is 10.0 Å². The topological polar surface area (TPSA) is 84.9 Å². The van der Waals surface area contributed by atoms with Crippen molar-refractivity contribution in [2.75, 3.05) is 25.1 Å². The van der Waals surface area contributed by atoms with Crippen LogP contribution in [0, 0.1) is 0 Å². The molecule has 1 fully saturated rings. The molecule has 8 heteroatoms. The molecule has 0 aromatic heterocycles. The molecule has 158 valence electrons. The Morgan fingerprint density at radius 3 is 2.67 bits per heavy atom. The Morgan fingerprint density at radius 1 is 0.967 bits per heavy atom. The molecule has 0 saturated carbocycles. The molecule has 2 aromatic rings. The third kappa shape index (κ3) is 3.44. The van der Waals surface area contributed by atoms with Gasteiger partial charge in [0, 0.05) is 25.1 Å². The number of hydrogen-bond acceptors (Lipinski definition) is 5. The molecule has 1 amide bonds. The van der Waals surface area contributed by atoms with Crippen molar-refractivity contribution in [3.05, 3.63) is 47.5 Å². The van der Waals surface area contributed by atoms with Gasteiger partial charge in [-0.1, -0.05) is 6.07 Å². The third-order valence-electron chi connectivity index (χ3n) is 5.94. The zero-order valence-corrected chi connectivity index (χ0v) is 17.4. The van der Waals surface area contributed by atoms with Gasteiger partial charge in [-0.2, -0.15) is 4.31 Å². The predicted molar refractivity (Wildman–Crippen MR) is 111 cm³/mol. The van der Waals surface area contributed by atoms with Gasteiger partial charge in [-0.05, 0) is 60.7 Å². The fourth-order valence-corrected chi connectivity index (χ4v) is 6.14. The summed E-state index contributed by atoms with van der Waals surface area (Å²) in [5.74, 6) is 1.35. The lowest BCUT2D eigenvalue weighted by atomic mass is 10.0. The second-order valence-corrected chi connectivity index (χ2v) is 9.79. The second-order valence-electron chi connectivity index (χ2n) is 7.90. The van der Waals surface area contributed by atoms with Crippen LogP contribution >= 0.6 is 0 Å². The van der Waals surface area contributed by atoms with E-state index >= 15 is 0 Å². The number of hydrogen-bond donors (Lipinski definition) is 1. The number of benzene rings is 2. The van der Waals surface area contributed by atoms with E-state index in [1.165, 1.54) is 0 Å². The number of aryl methyl sites for hydroxylation is 1. The standard InChI is InChI=1S/C22H24N2O5S/c25-22-9-5-15-13-17(6-7-18(15)23-22)30(26,27)24-10-1-3-19(24)16-4-8-20-21(14-16)29-12-2-11-28-20/h4,6-8,13-14,19H,1-3,5,9-12H2,(H,23,25)/t19-/m0/s1. The highest BCUT2D eigenvalue weighted by Crippen LogP contribution is 2.41. The average molecular weight is 429 g/mol. The van der Waals surface area contributed by atoms with E-state index in [1.807, 2.05) is 18.2 Å². The molecule has 0 bridgehead atoms. The van der Waals surface area contributed by atoms with Gasteiger partial charge in [0.2, 0.25) is 15.9 Å². The molecular weight excluding hydrogens is 404 g/mol. The minimum atomic E-state index is -3.66. The smallest absolute Gasteiger partial charge is 0.243 e. The Balaban J connectivity index is 1.46. The van der Waals surface area contributed by atoms with Gasteiger partial charge in [0.25, 0.3) is 0 Å². The number of sulfonamides is 1. The molecule has 1 N–H and O–H groups in total. The molecule has 3 aliphatic rings. The second kappa shape index (κ2) is 7.59. The molecular formula is C22H24N2O5S. The monoisotopic (exact) mass is 428 g/mol. The zero-order valence-electron chi connectivity index (χ0n) is 16.6. The highest BCUT2D eigenvalue weighted by molar-refractivity contribution is 7.89. The average Bonchev–Trinajstić information content (AvgIpc) is 3.13. The fraction of sp³-hybridized carbons (Fsp3) is 0.409. The summed E-state index contributed by atoms with van der Waals surface area (Å²) in [4.78, 5) is 11.9. The molecule has 1 atom stereocenters. The van der Waals surface area contributed by atoms with Crippen molar-refractivity contribution < 1.29 is 22.7 Å². The fourth-order valence-electron chi connectivity index (χ4n) is 4.40. The van der Waals surface area contributed by atoms with E-state index in [0.717, 1.165) is 30.4 Å². The number of carbonyl (C=O) groups is 1. The lowest BCUT2D eigenvalue weighted by Gasteiger charge is -2.26. The van der Waals surface area contributed by atoms with Crippen LogP contribution in [0.4, 0.5) is 5.69 Å². The summed E-state index contributed by atoms with van der Waals surface area (Å²) in [6.45, 7) is 1.69. The first kappa shape index (κ1) is 19.4. The lowest BCUT2D eigenvalue weighted by molar-refractivity contribution is -0.116. The number of fused-ring (bicyclic) bond motifs is 2. The molecule has 2 aromatic carbocycles. The lowest BCUT2D eigenvalue weighted by Crippen LogP contribution is -2.31. The van der Waals surface area contributed by atoms with Crippen molar-refractivity contribution in [1.29, 1.82) is 0 Å².